The van der Waals surface area contributed by atoms with Crippen LogP contribution in [-0.4, -0.2) is 12.9 Å². The van der Waals surface area contributed by atoms with Gasteiger partial charge in [0, 0.05) is 15.4 Å². The second kappa shape index (κ2) is 6.50. The summed E-state index contributed by atoms with van der Waals surface area (Å²) < 4.78 is 20.1. The van der Waals surface area contributed by atoms with Gasteiger partial charge in [-0.05, 0) is 51.8 Å². The van der Waals surface area contributed by atoms with E-state index in [9.17, 15) is 9.18 Å². The molecule has 5 heteroatoms. The van der Waals surface area contributed by atoms with Crippen molar-refractivity contribution in [2.24, 2.45) is 0 Å². The molecule has 0 atom stereocenters. The zero-order valence-electron chi connectivity index (χ0n) is 10.6. The highest BCUT2D eigenvalue weighted by Crippen LogP contribution is 2.26. The van der Waals surface area contributed by atoms with Crippen molar-refractivity contribution < 1.29 is 13.9 Å². The molecule has 0 bridgehead atoms. The molecule has 0 saturated carbocycles. The van der Waals surface area contributed by atoms with Gasteiger partial charge in [0.15, 0.2) is 5.78 Å². The van der Waals surface area contributed by atoms with E-state index in [0.717, 1.165) is 10.0 Å². The number of carbonyl (C=O) groups is 1. The third-order valence-corrected chi connectivity index (χ3v) is 4.28. The predicted molar refractivity (Wildman–Crippen MR) is 82.8 cm³/mol. The van der Waals surface area contributed by atoms with Gasteiger partial charge < -0.3 is 4.74 Å². The number of methoxy groups -OCH3 is 1. The summed E-state index contributed by atoms with van der Waals surface area (Å²) in [6.45, 7) is 0. The fourth-order valence-electron chi connectivity index (χ4n) is 1.84. The smallest absolute Gasteiger partial charge is 0.171 e. The van der Waals surface area contributed by atoms with Gasteiger partial charge in [-0.2, -0.15) is 0 Å². The minimum Gasteiger partial charge on any atom is -0.497 e. The lowest BCUT2D eigenvalue weighted by Gasteiger charge is -2.08. The van der Waals surface area contributed by atoms with Crippen molar-refractivity contribution in [3.63, 3.8) is 0 Å². The van der Waals surface area contributed by atoms with E-state index in [1.54, 1.807) is 37.4 Å². The highest BCUT2D eigenvalue weighted by Gasteiger charge is 2.17. The van der Waals surface area contributed by atoms with E-state index >= 15 is 0 Å². The third kappa shape index (κ3) is 3.27. The van der Waals surface area contributed by atoms with E-state index in [1.807, 2.05) is 0 Å². The first-order chi connectivity index (χ1) is 9.52. The molecule has 0 saturated heterocycles. The summed E-state index contributed by atoms with van der Waals surface area (Å²) in [5.41, 5.74) is 0.826. The van der Waals surface area contributed by atoms with E-state index in [2.05, 4.69) is 31.9 Å². The topological polar surface area (TPSA) is 26.3 Å². The Balaban J connectivity index is 2.33. The average molecular weight is 402 g/mol. The molecule has 20 heavy (non-hydrogen) atoms. The quantitative estimate of drug-likeness (QED) is 0.688. The molecule has 2 rings (SSSR count). The first-order valence-electron chi connectivity index (χ1n) is 5.82. The Bertz CT molecular complexity index is 636. The number of hydrogen-bond donors (Lipinski definition) is 0. The summed E-state index contributed by atoms with van der Waals surface area (Å²) in [6.07, 6.45) is 0.0946. The van der Waals surface area contributed by atoms with E-state index in [0.29, 0.717) is 10.2 Å². The molecular formula is C15H11Br2FO2. The molecule has 0 radical (unpaired) electrons. The van der Waals surface area contributed by atoms with E-state index in [-0.39, 0.29) is 17.8 Å². The van der Waals surface area contributed by atoms with Crippen molar-refractivity contribution in [1.82, 2.24) is 0 Å². The Morgan fingerprint density at radius 2 is 1.95 bits per heavy atom. The first-order valence-corrected chi connectivity index (χ1v) is 7.41. The van der Waals surface area contributed by atoms with Crippen LogP contribution in [0, 0.1) is 5.82 Å². The van der Waals surface area contributed by atoms with Crippen molar-refractivity contribution in [2.45, 2.75) is 6.42 Å². The molecule has 104 valence electrons. The van der Waals surface area contributed by atoms with Crippen LogP contribution in [0.3, 0.4) is 0 Å². The van der Waals surface area contributed by atoms with E-state index in [1.165, 1.54) is 6.07 Å². The molecule has 0 aliphatic rings. The molecule has 0 amide bonds. The zero-order valence-corrected chi connectivity index (χ0v) is 13.8. The molecule has 0 aliphatic heterocycles. The number of rotatable bonds is 4. The summed E-state index contributed by atoms with van der Waals surface area (Å²) in [5, 5.41) is 0. The van der Waals surface area contributed by atoms with Gasteiger partial charge in [0.2, 0.25) is 0 Å². The van der Waals surface area contributed by atoms with Crippen LogP contribution in [0.15, 0.2) is 45.3 Å². The van der Waals surface area contributed by atoms with Crippen molar-refractivity contribution >= 4 is 37.6 Å². The fourth-order valence-corrected chi connectivity index (χ4v) is 2.79. The van der Waals surface area contributed by atoms with Gasteiger partial charge in [-0.15, -0.1) is 0 Å². The molecule has 2 aromatic rings. The van der Waals surface area contributed by atoms with Crippen LogP contribution in [0.2, 0.25) is 0 Å². The Morgan fingerprint density at radius 3 is 2.60 bits per heavy atom. The number of carbonyl (C=O) groups excluding carboxylic acids is 1. The van der Waals surface area contributed by atoms with Crippen LogP contribution in [0.25, 0.3) is 0 Å². The van der Waals surface area contributed by atoms with Gasteiger partial charge in [0.1, 0.15) is 11.6 Å². The Morgan fingerprint density at radius 1 is 1.20 bits per heavy atom. The van der Waals surface area contributed by atoms with Crippen LogP contribution in [0.1, 0.15) is 15.9 Å². The normalized spacial score (nSPS) is 10.4. The molecule has 2 aromatic carbocycles. The van der Waals surface area contributed by atoms with Gasteiger partial charge >= 0.3 is 0 Å². The summed E-state index contributed by atoms with van der Waals surface area (Å²) in [4.78, 5) is 12.3. The van der Waals surface area contributed by atoms with Crippen molar-refractivity contribution in [1.29, 1.82) is 0 Å². The molecule has 2 nitrogen and oxygen atoms in total. The number of benzene rings is 2. The predicted octanol–water partition coefficient (Wildman–Crippen LogP) is 4.78. The van der Waals surface area contributed by atoms with Gasteiger partial charge in [-0.3, -0.25) is 4.79 Å². The highest BCUT2D eigenvalue weighted by atomic mass is 79.9. The van der Waals surface area contributed by atoms with Gasteiger partial charge in [-0.1, -0.05) is 22.0 Å². The van der Waals surface area contributed by atoms with Gasteiger partial charge in [0.25, 0.3) is 0 Å². The molecular weight excluding hydrogens is 391 g/mol. The monoisotopic (exact) mass is 400 g/mol. The Labute approximate surface area is 133 Å². The minimum atomic E-state index is -0.525. The highest BCUT2D eigenvalue weighted by molar-refractivity contribution is 9.10. The Kier molecular flexibility index (Phi) is 4.94. The number of halogens is 3. The maximum absolute atomic E-state index is 13.8. The van der Waals surface area contributed by atoms with Crippen LogP contribution in [0.4, 0.5) is 4.39 Å². The molecule has 0 spiro atoms. The van der Waals surface area contributed by atoms with Gasteiger partial charge in [-0.25, -0.2) is 4.39 Å². The largest absolute Gasteiger partial charge is 0.497 e. The van der Waals surface area contributed by atoms with Gasteiger partial charge in [0.05, 0.1) is 12.7 Å². The lowest BCUT2D eigenvalue weighted by atomic mass is 10.0. The van der Waals surface area contributed by atoms with Crippen molar-refractivity contribution in [3.8, 4) is 5.75 Å². The summed E-state index contributed by atoms with van der Waals surface area (Å²) >= 11 is 6.59. The van der Waals surface area contributed by atoms with Crippen LogP contribution >= 0.6 is 31.9 Å². The molecule has 0 unspecified atom stereocenters. The SMILES string of the molecule is COc1ccc(Br)c(CC(=O)c2c(F)cccc2Br)c1. The van der Waals surface area contributed by atoms with E-state index in [4.69, 9.17) is 4.74 Å². The fraction of sp³-hybridized carbons (Fsp3) is 0.133. The minimum absolute atomic E-state index is 0.0715. The van der Waals surface area contributed by atoms with Crippen LogP contribution in [-0.2, 0) is 6.42 Å². The summed E-state index contributed by atoms with van der Waals surface area (Å²) in [6, 6.07) is 9.83. The average Bonchev–Trinajstić information content (AvgIpc) is 2.41. The standard InChI is InChI=1S/C15H11Br2FO2/c1-20-10-5-6-11(16)9(7-10)8-14(19)15-12(17)3-2-4-13(15)18/h2-7H,8H2,1H3. The van der Waals surface area contributed by atoms with Crippen LogP contribution in [0.5, 0.6) is 5.75 Å². The van der Waals surface area contributed by atoms with E-state index < -0.39 is 5.82 Å². The number of ketones is 1. The van der Waals surface area contributed by atoms with Crippen molar-refractivity contribution in [2.75, 3.05) is 7.11 Å². The summed E-state index contributed by atoms with van der Waals surface area (Å²) in [5.74, 6) is -0.157. The zero-order chi connectivity index (χ0) is 14.7. The second-order valence-electron chi connectivity index (χ2n) is 4.15. The third-order valence-electron chi connectivity index (χ3n) is 2.85. The number of hydrogen-bond acceptors (Lipinski definition) is 2. The second-order valence-corrected chi connectivity index (χ2v) is 5.86. The lowest BCUT2D eigenvalue weighted by molar-refractivity contribution is 0.0988. The molecule has 0 heterocycles. The molecule has 0 N–H and O–H groups in total. The summed E-state index contributed by atoms with van der Waals surface area (Å²) in [7, 11) is 1.56. The maximum atomic E-state index is 13.8. The van der Waals surface area contributed by atoms with Crippen LogP contribution < -0.4 is 4.74 Å². The number of ether oxygens (including phenoxy) is 1. The molecule has 0 aliphatic carbocycles. The van der Waals surface area contributed by atoms with Crippen molar-refractivity contribution in [3.05, 3.63) is 62.3 Å². The lowest BCUT2D eigenvalue weighted by Crippen LogP contribution is -2.08. The number of Topliss-reactive ketones (excluding diaryl/α,β-unsaturated/α-hetero) is 1. The molecule has 0 aromatic heterocycles. The first kappa shape index (κ1) is 15.2. The maximum Gasteiger partial charge on any atom is 0.171 e. The molecule has 0 fully saturated rings. The Hall–Kier alpha value is -1.20.